The highest BCUT2D eigenvalue weighted by atomic mass is 32.1. The zero-order valence-electron chi connectivity index (χ0n) is 13.5. The summed E-state index contributed by atoms with van der Waals surface area (Å²) in [4.78, 5) is 20.4. The van der Waals surface area contributed by atoms with Gasteiger partial charge in [-0.3, -0.25) is 14.7 Å². The van der Waals surface area contributed by atoms with E-state index in [-0.39, 0.29) is 17.2 Å². The maximum atomic E-state index is 12.6. The van der Waals surface area contributed by atoms with Gasteiger partial charge in [-0.2, -0.15) is 0 Å². The smallest absolute Gasteiger partial charge is 0.228 e. The van der Waals surface area contributed by atoms with E-state index >= 15 is 0 Å². The molecule has 0 radical (unpaired) electrons. The van der Waals surface area contributed by atoms with Crippen LogP contribution in [0.1, 0.15) is 11.3 Å². The molecule has 6 heteroatoms. The first-order chi connectivity index (χ1) is 11.8. The first kappa shape index (κ1) is 15.6. The van der Waals surface area contributed by atoms with Gasteiger partial charge in [-0.1, -0.05) is 6.07 Å². The number of aromatic nitrogens is 1. The monoisotopic (exact) mass is 343 g/mol. The summed E-state index contributed by atoms with van der Waals surface area (Å²) in [6.07, 6.45) is 4.36. The highest BCUT2D eigenvalue weighted by Crippen LogP contribution is 2.42. The highest BCUT2D eigenvalue weighted by molar-refractivity contribution is 7.09. The molecule has 2 aromatic heterocycles. The summed E-state index contributed by atoms with van der Waals surface area (Å²) in [5.74, 6) is 1.16. The number of nitrogens with one attached hydrogen (secondary N) is 1. The van der Waals surface area contributed by atoms with Crippen LogP contribution in [0.25, 0.3) is 0 Å². The predicted molar refractivity (Wildman–Crippen MR) is 92.9 cm³/mol. The van der Waals surface area contributed by atoms with Crippen LogP contribution in [0.2, 0.25) is 0 Å². The fourth-order valence-corrected chi connectivity index (χ4v) is 4.56. The molecule has 0 saturated carbocycles. The van der Waals surface area contributed by atoms with Crippen molar-refractivity contribution in [1.29, 1.82) is 0 Å². The van der Waals surface area contributed by atoms with Crippen molar-refractivity contribution in [2.75, 3.05) is 26.2 Å². The summed E-state index contributed by atoms with van der Waals surface area (Å²) in [5, 5.41) is 5.16. The number of amides is 1. The van der Waals surface area contributed by atoms with E-state index in [0.717, 1.165) is 31.8 Å². The molecule has 1 spiro atoms. The third kappa shape index (κ3) is 2.91. The molecule has 2 aliphatic rings. The van der Waals surface area contributed by atoms with Crippen molar-refractivity contribution in [2.24, 2.45) is 11.3 Å². The molecule has 0 aliphatic carbocycles. The maximum absolute atomic E-state index is 12.6. The minimum Gasteiger partial charge on any atom is -0.492 e. The number of thiophene rings is 1. The van der Waals surface area contributed by atoms with Crippen LogP contribution in [-0.2, 0) is 11.3 Å². The highest BCUT2D eigenvalue weighted by Gasteiger charge is 2.54. The van der Waals surface area contributed by atoms with E-state index in [2.05, 4.69) is 32.7 Å². The molecule has 2 saturated heterocycles. The van der Waals surface area contributed by atoms with E-state index in [1.807, 2.05) is 12.1 Å². The largest absolute Gasteiger partial charge is 0.492 e. The van der Waals surface area contributed by atoms with Gasteiger partial charge >= 0.3 is 0 Å². The fraction of sp³-hybridized carbons (Fsp3) is 0.444. The molecule has 24 heavy (non-hydrogen) atoms. The number of likely N-dealkylation sites (tertiary alicyclic amines) is 1. The lowest BCUT2D eigenvalue weighted by Crippen LogP contribution is -2.40. The molecule has 0 aromatic carbocycles. The number of pyridine rings is 1. The van der Waals surface area contributed by atoms with Gasteiger partial charge in [-0.05, 0) is 36.5 Å². The lowest BCUT2D eigenvalue weighted by Gasteiger charge is -2.28. The Bertz CT molecular complexity index is 692. The Morgan fingerprint density at radius 1 is 1.42 bits per heavy atom. The average Bonchev–Trinajstić information content (AvgIpc) is 3.32. The van der Waals surface area contributed by atoms with Gasteiger partial charge < -0.3 is 10.1 Å². The summed E-state index contributed by atoms with van der Waals surface area (Å²) in [5.41, 5.74) is -0.306. The fourth-order valence-electron chi connectivity index (χ4n) is 3.81. The summed E-state index contributed by atoms with van der Waals surface area (Å²) in [7, 11) is 0. The molecule has 2 fully saturated rings. The minimum atomic E-state index is -0.306. The van der Waals surface area contributed by atoms with Gasteiger partial charge in [-0.25, -0.2) is 0 Å². The Morgan fingerprint density at radius 2 is 2.38 bits per heavy atom. The number of carbonyl (C=O) groups is 1. The quantitative estimate of drug-likeness (QED) is 0.904. The molecule has 126 valence electrons. The van der Waals surface area contributed by atoms with Gasteiger partial charge in [0.15, 0.2) is 0 Å². The van der Waals surface area contributed by atoms with Crippen molar-refractivity contribution in [1.82, 2.24) is 15.2 Å². The second-order valence-electron chi connectivity index (χ2n) is 6.60. The molecule has 2 aromatic rings. The Hall–Kier alpha value is -1.92. The van der Waals surface area contributed by atoms with E-state index in [0.29, 0.717) is 13.2 Å². The van der Waals surface area contributed by atoms with Crippen molar-refractivity contribution >= 4 is 17.2 Å². The lowest BCUT2D eigenvalue weighted by atomic mass is 9.77. The normalized spacial score (nSPS) is 26.8. The molecule has 4 heterocycles. The van der Waals surface area contributed by atoms with Crippen molar-refractivity contribution < 1.29 is 9.53 Å². The van der Waals surface area contributed by atoms with E-state index < -0.39 is 0 Å². The van der Waals surface area contributed by atoms with E-state index in [1.165, 1.54) is 4.88 Å². The molecule has 2 aliphatic heterocycles. The molecule has 0 bridgehead atoms. The Labute approximate surface area is 145 Å². The van der Waals surface area contributed by atoms with Crippen molar-refractivity contribution in [3.63, 3.8) is 0 Å². The molecule has 5 nitrogen and oxygen atoms in total. The van der Waals surface area contributed by atoms with Gasteiger partial charge in [0.05, 0.1) is 18.2 Å². The third-order valence-corrected chi connectivity index (χ3v) is 6.03. The van der Waals surface area contributed by atoms with Crippen LogP contribution in [0, 0.1) is 11.3 Å². The summed E-state index contributed by atoms with van der Waals surface area (Å²) < 4.78 is 5.89. The van der Waals surface area contributed by atoms with Crippen LogP contribution in [0.5, 0.6) is 5.75 Å². The first-order valence-electron chi connectivity index (χ1n) is 8.32. The van der Waals surface area contributed by atoms with Crippen molar-refractivity contribution in [2.45, 2.75) is 13.0 Å². The molecule has 1 amide bonds. The first-order valence-corrected chi connectivity index (χ1v) is 9.20. The Morgan fingerprint density at radius 3 is 3.17 bits per heavy atom. The Balaban J connectivity index is 1.43. The van der Waals surface area contributed by atoms with Crippen LogP contribution < -0.4 is 10.1 Å². The van der Waals surface area contributed by atoms with Gasteiger partial charge in [0, 0.05) is 36.6 Å². The number of carbonyl (C=O) groups excluding carboxylic acids is 1. The van der Waals surface area contributed by atoms with Crippen LogP contribution in [-0.4, -0.2) is 42.0 Å². The molecule has 4 rings (SSSR count). The van der Waals surface area contributed by atoms with E-state index in [9.17, 15) is 4.79 Å². The number of hydrogen-bond acceptors (Lipinski definition) is 5. The number of nitrogens with zero attached hydrogens (tertiary/aromatic N) is 2. The molecule has 1 N–H and O–H groups in total. The lowest BCUT2D eigenvalue weighted by molar-refractivity contribution is -0.128. The van der Waals surface area contributed by atoms with Crippen LogP contribution in [0.4, 0.5) is 0 Å². The second kappa shape index (κ2) is 6.53. The van der Waals surface area contributed by atoms with Gasteiger partial charge in [0.1, 0.15) is 5.75 Å². The third-order valence-electron chi connectivity index (χ3n) is 5.17. The second-order valence-corrected chi connectivity index (χ2v) is 7.64. The SMILES string of the molecule is O=C1NC[C@@H](COc2cccnc2)[C@]12CCN(Cc1cccs1)C2. The van der Waals surface area contributed by atoms with E-state index in [1.54, 1.807) is 23.7 Å². The van der Waals surface area contributed by atoms with Gasteiger partial charge in [-0.15, -0.1) is 11.3 Å². The zero-order valence-corrected chi connectivity index (χ0v) is 14.3. The summed E-state index contributed by atoms with van der Waals surface area (Å²) >= 11 is 1.78. The van der Waals surface area contributed by atoms with E-state index in [4.69, 9.17) is 4.74 Å². The van der Waals surface area contributed by atoms with Crippen LogP contribution in [0.15, 0.2) is 42.0 Å². The van der Waals surface area contributed by atoms with Crippen molar-refractivity contribution in [3.8, 4) is 5.75 Å². The maximum Gasteiger partial charge on any atom is 0.228 e. The average molecular weight is 343 g/mol. The minimum absolute atomic E-state index is 0.191. The zero-order chi connectivity index (χ0) is 16.4. The predicted octanol–water partition coefficient (Wildman–Crippen LogP) is 2.16. The standard InChI is InChI=1S/C18H21N3O2S/c22-17-18(5-7-21(13-18)11-16-4-2-8-24-16)14(9-20-17)12-23-15-3-1-6-19-10-15/h1-4,6,8,10,14H,5,7,9,11-13H2,(H,20,22)/t14-,18+/m0/s1. The topological polar surface area (TPSA) is 54.5 Å². The van der Waals surface area contributed by atoms with Gasteiger partial charge in [0.2, 0.25) is 5.91 Å². The van der Waals surface area contributed by atoms with Crippen LogP contribution >= 0.6 is 11.3 Å². The number of ether oxygens (including phenoxy) is 1. The number of rotatable bonds is 5. The van der Waals surface area contributed by atoms with Gasteiger partial charge in [0.25, 0.3) is 0 Å². The summed E-state index contributed by atoms with van der Waals surface area (Å²) in [6, 6.07) is 8.01. The molecule has 2 atom stereocenters. The van der Waals surface area contributed by atoms with Crippen molar-refractivity contribution in [3.05, 3.63) is 46.9 Å². The Kier molecular flexibility index (Phi) is 4.24. The summed E-state index contributed by atoms with van der Waals surface area (Å²) in [6.45, 7) is 3.97. The molecular weight excluding hydrogens is 322 g/mol. The molecular formula is C18H21N3O2S. The molecule has 0 unspecified atom stereocenters. The van der Waals surface area contributed by atoms with Crippen LogP contribution in [0.3, 0.4) is 0 Å². The number of hydrogen-bond donors (Lipinski definition) is 1.